The van der Waals surface area contributed by atoms with E-state index in [1.54, 1.807) is 62.3 Å². The Morgan fingerprint density at radius 1 is 0.470 bits per heavy atom. The second kappa shape index (κ2) is 27.0. The highest BCUT2D eigenvalue weighted by atomic mass is 16.6. The highest BCUT2D eigenvalue weighted by molar-refractivity contribution is 6.05. The maximum absolute atomic E-state index is 12.6. The van der Waals surface area contributed by atoms with Crippen molar-refractivity contribution in [2.75, 3.05) is 6.61 Å². The van der Waals surface area contributed by atoms with Crippen LogP contribution in [0.25, 0.3) is 33.4 Å². The number of hydrogen-bond acceptors (Lipinski definition) is 11. The van der Waals surface area contributed by atoms with Gasteiger partial charge in [0.2, 0.25) is 5.91 Å². The lowest BCUT2D eigenvalue weighted by atomic mass is 9.98. The number of imide groups is 3. The van der Waals surface area contributed by atoms with Gasteiger partial charge in [-0.2, -0.15) is 0 Å². The van der Waals surface area contributed by atoms with Crippen molar-refractivity contribution in [2.24, 2.45) is 5.92 Å². The van der Waals surface area contributed by atoms with Crippen molar-refractivity contribution in [1.29, 1.82) is 0 Å². The summed E-state index contributed by atoms with van der Waals surface area (Å²) in [6.45, 7) is 19.5. The minimum absolute atomic E-state index is 0.219. The monoisotopic (exact) mass is 1120 g/mol. The number of nitrogens with zero attached hydrogens (tertiary/aromatic N) is 3. The highest BCUT2D eigenvalue weighted by Gasteiger charge is 2.45. The fraction of sp³-hybridized carbons (Fsp3) is 0.333. The molecular weight excluding hydrogens is 1050 g/mol. The summed E-state index contributed by atoms with van der Waals surface area (Å²) in [4.78, 5) is 78.6. The molecule has 0 radical (unpaired) electrons. The molecule has 83 heavy (non-hydrogen) atoms. The fourth-order valence-electron chi connectivity index (χ4n) is 10.1. The minimum atomic E-state index is -0.703. The summed E-state index contributed by atoms with van der Waals surface area (Å²) >= 11 is 0. The Bertz CT molecular complexity index is 3250. The van der Waals surface area contributed by atoms with E-state index in [0.717, 1.165) is 61.2 Å². The van der Waals surface area contributed by atoms with Crippen LogP contribution in [0.3, 0.4) is 0 Å². The lowest BCUT2D eigenvalue weighted by molar-refractivity contribution is -0.132. The second-order valence-corrected chi connectivity index (χ2v) is 24.0. The zero-order valence-corrected chi connectivity index (χ0v) is 49.0. The number of carbonyl (C=O) groups is 6. The van der Waals surface area contributed by atoms with Gasteiger partial charge >= 0.3 is 18.3 Å². The van der Waals surface area contributed by atoms with Gasteiger partial charge in [-0.15, -0.1) is 0 Å². The molecule has 0 saturated carbocycles. The zero-order chi connectivity index (χ0) is 60.2. The van der Waals surface area contributed by atoms with Crippen molar-refractivity contribution >= 4 is 36.0 Å². The number of amides is 6. The van der Waals surface area contributed by atoms with Gasteiger partial charge in [0, 0.05) is 18.0 Å². The molecule has 3 aliphatic rings. The molecule has 3 saturated heterocycles. The third kappa shape index (κ3) is 17.0. The average Bonchev–Trinajstić information content (AvgIpc) is 4.28. The molecular formula is C69H77N3O11. The first-order chi connectivity index (χ1) is 39.3. The number of benzene rings is 6. The molecule has 6 aromatic carbocycles. The summed E-state index contributed by atoms with van der Waals surface area (Å²) in [6.07, 6.45) is 1.70. The topological polar surface area (TPSA) is 180 Å². The van der Waals surface area contributed by atoms with E-state index in [1.165, 1.54) is 9.80 Å². The largest absolute Gasteiger partial charge is 0.515 e. The fourth-order valence-corrected chi connectivity index (χ4v) is 10.1. The molecule has 1 unspecified atom stereocenters. The minimum Gasteiger partial charge on any atom is -0.515 e. The second-order valence-electron chi connectivity index (χ2n) is 24.0. The molecule has 9 rings (SSSR count). The van der Waals surface area contributed by atoms with Gasteiger partial charge in [0.25, 0.3) is 11.8 Å². The number of carbonyl (C=O) groups excluding carboxylic acids is 6. The molecule has 0 bridgehead atoms. The van der Waals surface area contributed by atoms with E-state index in [0.29, 0.717) is 44.1 Å². The van der Waals surface area contributed by atoms with Crippen molar-refractivity contribution in [3.63, 3.8) is 0 Å². The molecule has 3 heterocycles. The van der Waals surface area contributed by atoms with Crippen LogP contribution in [0.15, 0.2) is 188 Å². The summed E-state index contributed by atoms with van der Waals surface area (Å²) in [7, 11) is 0. The van der Waals surface area contributed by atoms with Crippen molar-refractivity contribution < 1.29 is 53.2 Å². The van der Waals surface area contributed by atoms with Crippen LogP contribution in [-0.4, -0.2) is 102 Å². The lowest BCUT2D eigenvalue weighted by Crippen LogP contribution is -2.43. The first-order valence-electron chi connectivity index (χ1n) is 28.1. The first kappa shape index (κ1) is 62.0. The van der Waals surface area contributed by atoms with Crippen LogP contribution in [0.2, 0.25) is 0 Å². The van der Waals surface area contributed by atoms with Crippen LogP contribution >= 0.6 is 0 Å². The molecule has 2 N–H and O–H groups in total. The quantitative estimate of drug-likeness (QED) is 0.0757. The molecule has 0 spiro atoms. The van der Waals surface area contributed by atoms with Gasteiger partial charge in [-0.25, -0.2) is 29.1 Å². The maximum Gasteiger partial charge on any atom is 0.417 e. The van der Waals surface area contributed by atoms with E-state index < -0.39 is 46.9 Å². The smallest absolute Gasteiger partial charge is 0.417 e. The molecule has 6 aromatic rings. The Morgan fingerprint density at radius 2 is 0.783 bits per heavy atom. The first-order valence-corrected chi connectivity index (χ1v) is 28.1. The molecule has 14 nitrogen and oxygen atoms in total. The molecule has 3 aliphatic heterocycles. The van der Waals surface area contributed by atoms with Gasteiger partial charge in [0.05, 0.1) is 36.4 Å². The Morgan fingerprint density at radius 3 is 1.12 bits per heavy atom. The molecule has 6 amide bonds. The van der Waals surface area contributed by atoms with E-state index in [4.69, 9.17) is 14.2 Å². The van der Waals surface area contributed by atoms with Crippen molar-refractivity contribution in [1.82, 2.24) is 14.7 Å². The SMILES string of the molecule is C=C1C[C@@H](Cc2ccc(-c3ccccc3)cc2)N(C(=O)OC(C)(C)C)C1=O.CC(C)(C)OC(=O)N1C(=O)C(=CO)C[C@H]1Cc1ccc(-c2ccccc2)cc1.CC(C)(C)OC(=O)N1C(=O)C(CO)C[C@H]1Cc1ccc(-c2ccccc2)cc1. The Balaban J connectivity index is 0.000000179. The van der Waals surface area contributed by atoms with Crippen molar-refractivity contribution in [2.45, 2.75) is 136 Å². The predicted molar refractivity (Wildman–Crippen MR) is 322 cm³/mol. The number of rotatable bonds is 10. The normalized spacial score (nSPS) is 18.5. The van der Waals surface area contributed by atoms with E-state index >= 15 is 0 Å². The van der Waals surface area contributed by atoms with E-state index in [-0.39, 0.29) is 42.1 Å². The van der Waals surface area contributed by atoms with Crippen LogP contribution in [0, 0.1) is 5.92 Å². The Labute approximate surface area is 488 Å². The number of aliphatic hydroxyl groups excluding tert-OH is 2. The van der Waals surface area contributed by atoms with Crippen LogP contribution in [0.5, 0.6) is 0 Å². The van der Waals surface area contributed by atoms with E-state index in [2.05, 4.69) is 43.0 Å². The summed E-state index contributed by atoms with van der Waals surface area (Å²) in [5.41, 5.74) is 8.51. The maximum atomic E-state index is 12.6. The number of likely N-dealkylation sites (tertiary alicyclic amines) is 3. The van der Waals surface area contributed by atoms with Crippen LogP contribution < -0.4 is 0 Å². The molecule has 4 atom stereocenters. The molecule has 434 valence electrons. The zero-order valence-electron chi connectivity index (χ0n) is 49.0. The van der Waals surface area contributed by atoms with Gasteiger partial charge in [-0.1, -0.05) is 170 Å². The average molecular weight is 1120 g/mol. The van der Waals surface area contributed by atoms with E-state index in [1.807, 2.05) is 127 Å². The Kier molecular flexibility index (Phi) is 20.1. The van der Waals surface area contributed by atoms with Crippen LogP contribution in [0.4, 0.5) is 14.4 Å². The molecule has 3 fully saturated rings. The number of hydrogen-bond donors (Lipinski definition) is 2. The van der Waals surface area contributed by atoms with Crippen LogP contribution in [0.1, 0.15) is 98.3 Å². The van der Waals surface area contributed by atoms with Gasteiger partial charge in [0.15, 0.2) is 0 Å². The molecule has 0 aromatic heterocycles. The Hall–Kier alpha value is -8.62. The third-order valence-electron chi connectivity index (χ3n) is 13.9. The van der Waals surface area contributed by atoms with Crippen LogP contribution in [-0.2, 0) is 47.9 Å². The standard InChI is InChI=1S/C23H27NO4.C23H25NO4.C23H25NO3/c2*1-23(2,3)28-22(27)24-20(14-19(15-25)21(24)26)13-16-9-11-18(12-10-16)17-7-5-4-6-8-17;1-16-14-20(24(21(16)25)22(26)27-23(2,3)4)15-17-10-12-19(13-11-17)18-8-6-5-7-9-18/h4-12,19-20,25H,13-15H2,1-3H3;4-12,15,20,25H,13-14H2,1-3H3;5-13,20H,1,14-15H2,2-4H3/t19?,20-;2*20-/m110/s1. The summed E-state index contributed by atoms with van der Waals surface area (Å²) in [5.74, 6) is -1.75. The number of ether oxygens (including phenoxy) is 3. The summed E-state index contributed by atoms with van der Waals surface area (Å²) in [5, 5.41) is 18.9. The van der Waals surface area contributed by atoms with Gasteiger partial charge in [-0.3, -0.25) is 14.4 Å². The lowest BCUT2D eigenvalue weighted by Gasteiger charge is -2.27. The van der Waals surface area contributed by atoms with Gasteiger partial charge in [0.1, 0.15) is 16.8 Å². The summed E-state index contributed by atoms with van der Waals surface area (Å²) in [6, 6.07) is 53.8. The predicted octanol–water partition coefficient (Wildman–Crippen LogP) is 13.9. The third-order valence-corrected chi connectivity index (χ3v) is 13.9. The number of aliphatic hydroxyl groups is 2. The van der Waals surface area contributed by atoms with E-state index in [9.17, 15) is 39.0 Å². The van der Waals surface area contributed by atoms with Crippen molar-refractivity contribution in [3.8, 4) is 33.4 Å². The highest BCUT2D eigenvalue weighted by Crippen LogP contribution is 2.33. The summed E-state index contributed by atoms with van der Waals surface area (Å²) < 4.78 is 16.2. The van der Waals surface area contributed by atoms with Crippen molar-refractivity contribution in [3.05, 3.63) is 204 Å². The molecule has 0 aliphatic carbocycles. The van der Waals surface area contributed by atoms with Gasteiger partial charge < -0.3 is 24.4 Å². The molecule has 14 heteroatoms. The van der Waals surface area contributed by atoms with Gasteiger partial charge in [-0.05, 0) is 144 Å².